The third kappa shape index (κ3) is 21.3. The number of carbonyl (C=O) groups is 12. The Balaban J connectivity index is 1.20. The predicted molar refractivity (Wildman–Crippen MR) is 392 cm³/mol. The third-order valence-corrected chi connectivity index (χ3v) is 26.1. The van der Waals surface area contributed by atoms with Crippen molar-refractivity contribution in [1.82, 2.24) is 60.0 Å². The average molecular weight is 1590 g/mol. The topological polar surface area (TPSA) is 279 Å². The zero-order valence-corrected chi connectivity index (χ0v) is 66.3. The lowest BCUT2D eigenvalue weighted by atomic mass is 9.74. The molecular formula is C76H116F8N12O13S. The van der Waals surface area contributed by atoms with Gasteiger partial charge in [0.25, 0.3) is 0 Å². The molecular weight excluding hydrogens is 1470 g/mol. The smallest absolute Gasteiger partial charge is 0.377 e. The van der Waals surface area contributed by atoms with Crippen LogP contribution in [0.2, 0.25) is 0 Å². The molecule has 0 aromatic carbocycles. The number of nitrogens with zero attached hydrogens (tertiary/aromatic N) is 9. The van der Waals surface area contributed by atoms with E-state index >= 15 is 47.1 Å². The number of nitrogens with one attached hydrogen (secondary N) is 3. The Morgan fingerprint density at radius 2 is 1.29 bits per heavy atom. The largest absolute Gasteiger partial charge is 0.397 e. The number of amides is 12. The highest BCUT2D eigenvalue weighted by Gasteiger charge is 2.56. The summed E-state index contributed by atoms with van der Waals surface area (Å²) in [7, 11) is 11.0. The van der Waals surface area contributed by atoms with Crippen LogP contribution in [0, 0.1) is 35.5 Å². The zero-order chi connectivity index (χ0) is 81.2. The van der Waals surface area contributed by atoms with Gasteiger partial charge >= 0.3 is 12.4 Å². The van der Waals surface area contributed by atoms with E-state index in [0.717, 1.165) is 36.7 Å². The van der Waals surface area contributed by atoms with Crippen LogP contribution in [0.5, 0.6) is 0 Å². The van der Waals surface area contributed by atoms with Gasteiger partial charge in [-0.15, -0.1) is 0 Å². The van der Waals surface area contributed by atoms with E-state index in [9.17, 15) is 45.5 Å². The molecule has 13 atom stereocenters. The van der Waals surface area contributed by atoms with Crippen molar-refractivity contribution in [2.75, 3.05) is 94.9 Å². The zero-order valence-electron chi connectivity index (χ0n) is 65.5. The van der Waals surface area contributed by atoms with Crippen LogP contribution in [-0.4, -0.2) is 300 Å². The molecule has 4 heterocycles. The molecule has 3 N–H and O–H groups in total. The summed E-state index contributed by atoms with van der Waals surface area (Å²) >= 11 is 1.61. The highest BCUT2D eigenvalue weighted by molar-refractivity contribution is 8.00. The summed E-state index contributed by atoms with van der Waals surface area (Å²) in [6, 6.07) is -11.3. The molecule has 0 aromatic rings. The Bertz CT molecular complexity index is 3300. The highest BCUT2D eigenvalue weighted by Crippen LogP contribution is 2.46. The van der Waals surface area contributed by atoms with E-state index in [0.29, 0.717) is 44.9 Å². The lowest BCUT2D eigenvalue weighted by Gasteiger charge is -2.46. The van der Waals surface area contributed by atoms with Gasteiger partial charge in [0, 0.05) is 87.7 Å². The molecule has 4 aliphatic heterocycles. The number of hydrogen-bond acceptors (Lipinski definition) is 14. The second-order valence-corrected chi connectivity index (χ2v) is 33.8. The van der Waals surface area contributed by atoms with Crippen molar-refractivity contribution in [3.63, 3.8) is 0 Å². The molecule has 620 valence electrons. The summed E-state index contributed by atoms with van der Waals surface area (Å²) in [5, 5.41) is 8.37. The summed E-state index contributed by atoms with van der Waals surface area (Å²) in [4.78, 5) is 192. The number of halogens is 8. The molecule has 8 rings (SSSR count). The minimum absolute atomic E-state index is 0.00323. The first-order valence-corrected chi connectivity index (χ1v) is 40.4. The minimum atomic E-state index is -5.22. The molecule has 110 heavy (non-hydrogen) atoms. The maximum atomic E-state index is 15.6. The van der Waals surface area contributed by atoms with E-state index in [1.807, 2.05) is 0 Å². The Morgan fingerprint density at radius 1 is 0.645 bits per heavy atom. The number of carbonyl (C=O) groups excluding carboxylic acids is 12. The average Bonchev–Trinajstić information content (AvgIpc) is 1.58. The molecule has 4 aliphatic carbocycles. The molecule has 1 spiro atoms. The number of hydrogen-bond donors (Lipinski definition) is 3. The van der Waals surface area contributed by atoms with Crippen molar-refractivity contribution in [2.45, 2.75) is 265 Å². The van der Waals surface area contributed by atoms with Crippen molar-refractivity contribution in [1.29, 1.82) is 0 Å². The van der Waals surface area contributed by atoms with E-state index in [1.54, 1.807) is 44.7 Å². The molecule has 3 saturated heterocycles. The molecule has 12 amide bonds. The molecule has 0 aromatic heterocycles. The summed E-state index contributed by atoms with van der Waals surface area (Å²) in [5.41, 5.74) is -1.69. The van der Waals surface area contributed by atoms with Gasteiger partial charge in [-0.3, -0.25) is 57.5 Å². The van der Waals surface area contributed by atoms with Crippen LogP contribution in [0.15, 0.2) is 12.2 Å². The van der Waals surface area contributed by atoms with Gasteiger partial charge in [0.15, 0.2) is 0 Å². The van der Waals surface area contributed by atoms with Crippen LogP contribution in [-0.2, 0) is 62.3 Å². The summed E-state index contributed by atoms with van der Waals surface area (Å²) in [5.74, 6) is -15.9. The number of fused-ring (bicyclic) bond motifs is 3. The summed E-state index contributed by atoms with van der Waals surface area (Å²) < 4.78 is 121. The molecule has 7 fully saturated rings. The van der Waals surface area contributed by atoms with E-state index in [2.05, 4.69) is 16.0 Å². The van der Waals surface area contributed by atoms with Gasteiger partial charge in [-0.2, -0.15) is 38.1 Å². The van der Waals surface area contributed by atoms with E-state index < -0.39 is 230 Å². The standard InChI is InChI=1S/C76H116F8N12O13S/c1-12-44(3)63-71(106)90(7)43-61(99)91(8)54-24-15-14-18-33-95(70(54)105)58(37-45-25-28-48(29-26-45)75(79,80)81)69(104)89(6)42-59(97)85-53(30-27-46-35-51(77)62(52(78)36-46)76(82,83)84)67(102)96-41-49(109-13-2)38-56(96)66(101)87-74(31-20-32-74)73(108)94(11)64(47-21-16-17-22-47)72(107)93(10)57(68(103)88(4)5)40-60(98)92(9)55(65(100)86-63)39-50-23-19-34-110-50/h14-15,44-58,62-64H,12-13,16-43H2,1-11H3,(H,85,97)(H,86,100)(H,87,101)/b15-14-/t44-,45?,46?,48?,49+,50?,51?,52?,53-,54-,55-,56-,57-,58-,62?,63-,64-/m0/s1. The second-order valence-electron chi connectivity index (χ2n) is 32.4. The fourth-order valence-corrected chi connectivity index (χ4v) is 19.0. The van der Waals surface area contributed by atoms with E-state index in [-0.39, 0.29) is 102 Å². The lowest BCUT2D eigenvalue weighted by molar-refractivity contribution is -0.219. The van der Waals surface area contributed by atoms with Gasteiger partial charge in [-0.1, -0.05) is 45.3 Å². The van der Waals surface area contributed by atoms with Crippen molar-refractivity contribution < 1.29 is 97.4 Å². The quantitative estimate of drug-likeness (QED) is 0.130. The SMILES string of the molecule is CCO[C@@H]1C[C@H]2C(=O)NC3(CCC3)C(=O)N(C)[C@@H](C3CCCC3)C(=O)N(C)[C@H](C(=O)N(C)C)CC(=O)N(C)[C@@H](CC3CCCS3)C(=O)N[C@@H]([C@@H](C)CC)C(=O)N(C)CC(=O)N(C)[C@H]3C/C=C\CCN(C3=O)[C@@H](CC3CCC(C(F)(F)F)CC3)C(=O)N(C)CC(=O)N[C@@H](CCC3CC(F)C(C(F)(F)F)C(F)C3)C(=O)N2C1. The first-order valence-electron chi connectivity index (χ1n) is 39.3. The van der Waals surface area contributed by atoms with Crippen molar-refractivity contribution >= 4 is 82.6 Å². The number of thioether (sulfide) groups is 1. The van der Waals surface area contributed by atoms with Gasteiger partial charge in [0.05, 0.1) is 31.5 Å². The van der Waals surface area contributed by atoms with Crippen LogP contribution < -0.4 is 16.0 Å². The van der Waals surface area contributed by atoms with Crippen LogP contribution in [0.25, 0.3) is 0 Å². The minimum Gasteiger partial charge on any atom is -0.377 e. The van der Waals surface area contributed by atoms with Crippen LogP contribution >= 0.6 is 11.8 Å². The van der Waals surface area contributed by atoms with Crippen LogP contribution in [0.1, 0.15) is 175 Å². The van der Waals surface area contributed by atoms with Gasteiger partial charge in [0.2, 0.25) is 70.9 Å². The number of likely N-dealkylation sites (N-methyl/N-ethyl adjacent to an activating group) is 7. The van der Waals surface area contributed by atoms with Gasteiger partial charge in [-0.05, 0) is 158 Å². The Hall–Kier alpha value is -6.87. The number of ether oxygens (including phenoxy) is 1. The third-order valence-electron chi connectivity index (χ3n) is 24.7. The molecule has 34 heteroatoms. The molecule has 25 nitrogen and oxygen atoms in total. The second kappa shape index (κ2) is 38.3. The molecule has 0 radical (unpaired) electrons. The van der Waals surface area contributed by atoms with Crippen LogP contribution in [0.4, 0.5) is 35.1 Å². The van der Waals surface area contributed by atoms with Gasteiger partial charge in [-0.25, -0.2) is 8.78 Å². The first kappa shape index (κ1) is 88.7. The maximum absolute atomic E-state index is 15.6. The maximum Gasteiger partial charge on any atom is 0.397 e. The van der Waals surface area contributed by atoms with Crippen LogP contribution in [0.3, 0.4) is 0 Å². The van der Waals surface area contributed by atoms with E-state index in [4.69, 9.17) is 4.74 Å². The fraction of sp³-hybridized carbons (Fsp3) is 0.816. The van der Waals surface area contributed by atoms with E-state index in [1.165, 1.54) is 76.0 Å². The highest BCUT2D eigenvalue weighted by atomic mass is 32.2. The monoisotopic (exact) mass is 1590 g/mol. The Kier molecular flexibility index (Phi) is 30.9. The normalized spacial score (nSPS) is 33.0. The number of rotatable bonds is 13. The van der Waals surface area contributed by atoms with Crippen molar-refractivity contribution in [3.8, 4) is 0 Å². The fourth-order valence-electron chi connectivity index (χ4n) is 17.6. The first-order chi connectivity index (χ1) is 51.7. The summed E-state index contributed by atoms with van der Waals surface area (Å²) in [6.07, 6.45) is -11.5. The van der Waals surface area contributed by atoms with Crippen molar-refractivity contribution in [2.24, 2.45) is 35.5 Å². The molecule has 3 unspecified atom stereocenters. The number of alkyl halides is 8. The molecule has 4 saturated carbocycles. The molecule has 8 aliphatic rings. The van der Waals surface area contributed by atoms with Gasteiger partial charge in [0.1, 0.15) is 72.1 Å². The van der Waals surface area contributed by atoms with Gasteiger partial charge < -0.3 is 64.8 Å². The Morgan fingerprint density at radius 3 is 1.86 bits per heavy atom. The lowest BCUT2D eigenvalue weighted by Crippen LogP contribution is -2.68. The Labute approximate surface area is 644 Å². The molecule has 2 bridgehead atoms. The van der Waals surface area contributed by atoms with Crippen molar-refractivity contribution in [3.05, 3.63) is 12.2 Å². The predicted octanol–water partition coefficient (Wildman–Crippen LogP) is 6.59. The summed E-state index contributed by atoms with van der Waals surface area (Å²) in [6.45, 7) is 3.29.